The van der Waals surface area contributed by atoms with Crippen LogP contribution >= 0.6 is 11.3 Å². The monoisotopic (exact) mass is 298 g/mol. The third kappa shape index (κ3) is 2.36. The molecule has 0 aliphatic heterocycles. The van der Waals surface area contributed by atoms with Crippen molar-refractivity contribution in [2.75, 3.05) is 11.9 Å². The topological polar surface area (TPSA) is 70.9 Å². The van der Waals surface area contributed by atoms with Crippen LogP contribution in [0.4, 0.5) is 5.82 Å². The first-order chi connectivity index (χ1) is 10.3. The number of aromatic amines is 1. The van der Waals surface area contributed by atoms with Gasteiger partial charge in [-0.05, 0) is 25.1 Å². The number of hydrogen-bond acceptors (Lipinski definition) is 5. The summed E-state index contributed by atoms with van der Waals surface area (Å²) in [7, 11) is 0. The fourth-order valence-corrected chi connectivity index (χ4v) is 3.06. The molecule has 0 radical (unpaired) electrons. The van der Waals surface area contributed by atoms with Crippen LogP contribution in [-0.4, -0.2) is 31.1 Å². The zero-order valence-electron chi connectivity index (χ0n) is 11.5. The zero-order valence-corrected chi connectivity index (χ0v) is 12.3. The Balaban J connectivity index is 1.42. The number of H-pyrrole nitrogens is 1. The zero-order chi connectivity index (χ0) is 14.2. The highest BCUT2D eigenvalue weighted by Gasteiger charge is 2.06. The van der Waals surface area contributed by atoms with E-state index in [9.17, 15) is 0 Å². The van der Waals surface area contributed by atoms with Crippen LogP contribution in [0.5, 0.6) is 0 Å². The molecule has 0 saturated heterocycles. The van der Waals surface area contributed by atoms with E-state index in [-0.39, 0.29) is 0 Å². The summed E-state index contributed by atoms with van der Waals surface area (Å²) in [6.45, 7) is 2.78. The average molecular weight is 298 g/mol. The molecule has 2 N–H and O–H groups in total. The molecular formula is C14H14N6S. The molecule has 0 bridgehead atoms. The molecular weight excluding hydrogens is 284 g/mol. The lowest BCUT2D eigenvalue weighted by molar-refractivity contribution is 0.927. The highest BCUT2D eigenvalue weighted by Crippen LogP contribution is 2.15. The van der Waals surface area contributed by atoms with Gasteiger partial charge in [0.15, 0.2) is 0 Å². The third-order valence-electron chi connectivity index (χ3n) is 3.29. The molecule has 6 nitrogen and oxygen atoms in total. The standard InChI is InChI=1S/C14H14N6S/c1-9-19-20-8-11(17-14(20)21-9)5-7-15-12-3-2-10-4-6-16-13(10)18-12/h2-4,6,8H,5,7H2,1H3,(H2,15,16,18). The predicted octanol–water partition coefficient (Wildman–Crippen LogP) is 2.63. The van der Waals surface area contributed by atoms with Crippen molar-refractivity contribution in [2.24, 2.45) is 0 Å². The molecule has 106 valence electrons. The van der Waals surface area contributed by atoms with Crippen molar-refractivity contribution >= 4 is 33.1 Å². The number of fused-ring (bicyclic) bond motifs is 2. The fourth-order valence-electron chi connectivity index (χ4n) is 2.31. The predicted molar refractivity (Wildman–Crippen MR) is 83.9 cm³/mol. The number of rotatable bonds is 4. The van der Waals surface area contributed by atoms with E-state index in [1.165, 1.54) is 0 Å². The van der Waals surface area contributed by atoms with E-state index in [1.807, 2.05) is 36.0 Å². The van der Waals surface area contributed by atoms with Gasteiger partial charge in [-0.15, -0.1) is 0 Å². The minimum atomic E-state index is 0.795. The number of aryl methyl sites for hydroxylation is 1. The van der Waals surface area contributed by atoms with E-state index in [0.29, 0.717) is 0 Å². The molecule has 0 atom stereocenters. The molecule has 21 heavy (non-hydrogen) atoms. The maximum absolute atomic E-state index is 4.56. The molecule has 4 heterocycles. The number of aromatic nitrogens is 5. The number of anilines is 1. The van der Waals surface area contributed by atoms with Gasteiger partial charge in [0.05, 0.1) is 11.9 Å². The van der Waals surface area contributed by atoms with Crippen molar-refractivity contribution in [2.45, 2.75) is 13.3 Å². The summed E-state index contributed by atoms with van der Waals surface area (Å²) in [6.07, 6.45) is 4.73. The normalized spacial score (nSPS) is 11.5. The van der Waals surface area contributed by atoms with Gasteiger partial charge in [0, 0.05) is 24.5 Å². The summed E-state index contributed by atoms with van der Waals surface area (Å²) >= 11 is 1.61. The van der Waals surface area contributed by atoms with E-state index < -0.39 is 0 Å². The number of imidazole rings is 1. The minimum absolute atomic E-state index is 0.795. The summed E-state index contributed by atoms with van der Waals surface area (Å²) in [5, 5.41) is 9.84. The van der Waals surface area contributed by atoms with Gasteiger partial charge in [-0.1, -0.05) is 11.3 Å². The van der Waals surface area contributed by atoms with Crippen LogP contribution in [-0.2, 0) is 6.42 Å². The second kappa shape index (κ2) is 4.85. The van der Waals surface area contributed by atoms with Gasteiger partial charge in [0.25, 0.3) is 0 Å². The van der Waals surface area contributed by atoms with Gasteiger partial charge < -0.3 is 10.3 Å². The molecule has 0 aromatic carbocycles. The van der Waals surface area contributed by atoms with Crippen LogP contribution in [0.3, 0.4) is 0 Å². The second-order valence-electron chi connectivity index (χ2n) is 4.87. The maximum atomic E-state index is 4.56. The number of hydrogen-bond donors (Lipinski definition) is 2. The van der Waals surface area contributed by atoms with Crippen LogP contribution in [0.1, 0.15) is 10.7 Å². The number of pyridine rings is 1. The Morgan fingerprint density at radius 1 is 1.29 bits per heavy atom. The molecule has 0 aliphatic carbocycles. The summed E-state index contributed by atoms with van der Waals surface area (Å²) < 4.78 is 1.85. The van der Waals surface area contributed by atoms with Crippen LogP contribution in [0.25, 0.3) is 16.0 Å². The lowest BCUT2D eigenvalue weighted by Gasteiger charge is -2.03. The van der Waals surface area contributed by atoms with Crippen LogP contribution < -0.4 is 5.32 Å². The van der Waals surface area contributed by atoms with Gasteiger partial charge in [-0.2, -0.15) is 5.10 Å². The Kier molecular flexibility index (Phi) is 2.85. The van der Waals surface area contributed by atoms with Crippen molar-refractivity contribution < 1.29 is 0 Å². The molecule has 4 aromatic rings. The molecule has 0 aliphatic rings. The molecule has 0 spiro atoms. The smallest absolute Gasteiger partial charge is 0.212 e. The first-order valence-corrected chi connectivity index (χ1v) is 7.59. The molecule has 0 fully saturated rings. The Morgan fingerprint density at radius 3 is 3.14 bits per heavy atom. The Morgan fingerprint density at radius 2 is 2.24 bits per heavy atom. The van der Waals surface area contributed by atoms with Crippen molar-refractivity contribution in [3.8, 4) is 0 Å². The van der Waals surface area contributed by atoms with E-state index in [1.54, 1.807) is 11.3 Å². The third-order valence-corrected chi connectivity index (χ3v) is 4.13. The van der Waals surface area contributed by atoms with Gasteiger partial charge >= 0.3 is 0 Å². The van der Waals surface area contributed by atoms with E-state index in [4.69, 9.17) is 0 Å². The second-order valence-corrected chi connectivity index (χ2v) is 6.03. The lowest BCUT2D eigenvalue weighted by atomic mass is 10.3. The number of nitrogens with zero attached hydrogens (tertiary/aromatic N) is 4. The summed E-state index contributed by atoms with van der Waals surface area (Å²) in [4.78, 5) is 13.1. The number of nitrogens with one attached hydrogen (secondary N) is 2. The quantitative estimate of drug-likeness (QED) is 0.607. The van der Waals surface area contributed by atoms with Crippen molar-refractivity contribution in [1.29, 1.82) is 0 Å². The molecule has 0 amide bonds. The molecule has 0 unspecified atom stereocenters. The summed E-state index contributed by atoms with van der Waals surface area (Å²) in [5.41, 5.74) is 1.95. The van der Waals surface area contributed by atoms with Crippen molar-refractivity contribution in [3.05, 3.63) is 41.3 Å². The van der Waals surface area contributed by atoms with Crippen LogP contribution in [0.15, 0.2) is 30.6 Å². The highest BCUT2D eigenvalue weighted by atomic mass is 32.1. The largest absolute Gasteiger partial charge is 0.370 e. The van der Waals surface area contributed by atoms with Gasteiger partial charge in [0.1, 0.15) is 16.5 Å². The van der Waals surface area contributed by atoms with Gasteiger partial charge in [0.2, 0.25) is 4.96 Å². The van der Waals surface area contributed by atoms with Gasteiger partial charge in [-0.25, -0.2) is 14.5 Å². The minimum Gasteiger partial charge on any atom is -0.370 e. The van der Waals surface area contributed by atoms with Crippen molar-refractivity contribution in [3.63, 3.8) is 0 Å². The highest BCUT2D eigenvalue weighted by molar-refractivity contribution is 7.16. The SMILES string of the molecule is Cc1nn2cc(CCNc3ccc4cc[nH]c4n3)nc2s1. The molecule has 0 saturated carbocycles. The average Bonchev–Trinajstić information content (AvgIpc) is 3.12. The summed E-state index contributed by atoms with van der Waals surface area (Å²) in [6, 6.07) is 6.06. The Labute approximate surface area is 124 Å². The molecule has 4 aromatic heterocycles. The Hall–Kier alpha value is -2.41. The van der Waals surface area contributed by atoms with Crippen LogP contribution in [0, 0.1) is 6.92 Å². The first kappa shape index (κ1) is 12.3. The lowest BCUT2D eigenvalue weighted by Crippen LogP contribution is -2.06. The maximum Gasteiger partial charge on any atom is 0.212 e. The van der Waals surface area contributed by atoms with Crippen molar-refractivity contribution in [1.82, 2.24) is 24.6 Å². The van der Waals surface area contributed by atoms with E-state index in [0.717, 1.165) is 45.5 Å². The fraction of sp³-hybridized carbons (Fsp3) is 0.214. The Bertz CT molecular complexity index is 871. The van der Waals surface area contributed by atoms with Crippen LogP contribution in [0.2, 0.25) is 0 Å². The van der Waals surface area contributed by atoms with E-state index >= 15 is 0 Å². The first-order valence-electron chi connectivity index (χ1n) is 6.78. The molecule has 7 heteroatoms. The molecule has 4 rings (SSSR count). The summed E-state index contributed by atoms with van der Waals surface area (Å²) in [5.74, 6) is 0.875. The van der Waals surface area contributed by atoms with Gasteiger partial charge in [-0.3, -0.25) is 0 Å². The van der Waals surface area contributed by atoms with E-state index in [2.05, 4.69) is 31.4 Å².